The average molecular weight is 728 g/mol. The van der Waals surface area contributed by atoms with Gasteiger partial charge in [-0.2, -0.15) is 0 Å². The maximum atomic E-state index is 12.4. The summed E-state index contributed by atoms with van der Waals surface area (Å²) in [5.41, 5.74) is 3.80. The molecule has 2 aliphatic heterocycles. The number of nitrogens with one attached hydrogen (secondary N) is 1. The summed E-state index contributed by atoms with van der Waals surface area (Å²) in [6, 6.07) is 37.8. The van der Waals surface area contributed by atoms with Gasteiger partial charge in [-0.3, -0.25) is 4.79 Å². The van der Waals surface area contributed by atoms with E-state index in [1.165, 1.54) is 6.92 Å². The first kappa shape index (κ1) is 38.7. The van der Waals surface area contributed by atoms with Crippen LogP contribution in [0.5, 0.6) is 0 Å². The maximum absolute atomic E-state index is 12.4. The van der Waals surface area contributed by atoms with Crippen LogP contribution in [0, 0.1) is 0 Å². The first-order valence-electron chi connectivity index (χ1n) is 18.0. The number of aliphatic hydroxyl groups excluding tert-OH is 2. The van der Waals surface area contributed by atoms with Crippen LogP contribution in [0.15, 0.2) is 121 Å². The van der Waals surface area contributed by atoms with Gasteiger partial charge < -0.3 is 48.7 Å². The van der Waals surface area contributed by atoms with Crippen molar-refractivity contribution in [3.63, 3.8) is 0 Å². The summed E-state index contributed by atoms with van der Waals surface area (Å²) in [7, 11) is 0. The van der Waals surface area contributed by atoms with Crippen LogP contribution < -0.4 is 5.32 Å². The molecule has 0 unspecified atom stereocenters. The van der Waals surface area contributed by atoms with Gasteiger partial charge in [-0.15, -0.1) is 0 Å². The lowest BCUT2D eigenvalue weighted by Crippen LogP contribution is -2.67. The molecule has 10 atom stereocenters. The van der Waals surface area contributed by atoms with E-state index < -0.39 is 67.3 Å². The van der Waals surface area contributed by atoms with Crippen LogP contribution in [0.2, 0.25) is 0 Å². The molecular formula is C42H49NO10. The number of carbonyl (C=O) groups excluding carboxylic acids is 1. The zero-order valence-electron chi connectivity index (χ0n) is 30.0. The number of hydrogen-bond acceptors (Lipinski definition) is 10. The molecule has 2 aliphatic rings. The van der Waals surface area contributed by atoms with Crippen molar-refractivity contribution in [2.24, 2.45) is 0 Å². The van der Waals surface area contributed by atoms with E-state index in [0.717, 1.165) is 22.3 Å². The fraction of sp³-hybridized carbons (Fsp3) is 0.405. The summed E-state index contributed by atoms with van der Waals surface area (Å²) in [5, 5.41) is 25.6. The normalized spacial score (nSPS) is 28.7. The SMILES string of the molecule is CC(=O)N[C@@H]1[C@@H](O[C@@H]2O[C@@H](C)[C@@H](OCc3ccccc3)[C@@H](OCc3ccccc3)[C@@H]2OCc2ccccc2)[C@H](O)[C@@H](COCc2ccccc2)O[C@H]1O. The van der Waals surface area contributed by atoms with Crippen LogP contribution in [0.4, 0.5) is 0 Å². The van der Waals surface area contributed by atoms with E-state index in [4.69, 9.17) is 33.2 Å². The van der Waals surface area contributed by atoms with E-state index in [0.29, 0.717) is 6.61 Å². The Morgan fingerprint density at radius 2 is 1.08 bits per heavy atom. The predicted octanol–water partition coefficient (Wildman–Crippen LogP) is 4.67. The summed E-state index contributed by atoms with van der Waals surface area (Å²) in [6.07, 6.45) is -8.90. The highest BCUT2D eigenvalue weighted by Crippen LogP contribution is 2.34. The molecule has 1 amide bonds. The third kappa shape index (κ3) is 10.8. The molecule has 282 valence electrons. The van der Waals surface area contributed by atoms with Crippen LogP contribution >= 0.6 is 0 Å². The molecule has 0 saturated carbocycles. The van der Waals surface area contributed by atoms with Gasteiger partial charge in [0.25, 0.3) is 0 Å². The molecule has 0 bridgehead atoms. The van der Waals surface area contributed by atoms with Crippen molar-refractivity contribution in [3.05, 3.63) is 144 Å². The minimum atomic E-state index is -1.52. The van der Waals surface area contributed by atoms with E-state index in [1.807, 2.05) is 128 Å². The largest absolute Gasteiger partial charge is 0.388 e. The average Bonchev–Trinajstić information content (AvgIpc) is 3.18. The lowest BCUT2D eigenvalue weighted by Gasteiger charge is -2.48. The Labute approximate surface area is 310 Å². The Morgan fingerprint density at radius 3 is 1.57 bits per heavy atom. The molecule has 0 radical (unpaired) electrons. The number of hydrogen-bond donors (Lipinski definition) is 3. The molecule has 0 aliphatic carbocycles. The zero-order valence-corrected chi connectivity index (χ0v) is 30.0. The van der Waals surface area contributed by atoms with Gasteiger partial charge in [0.15, 0.2) is 12.6 Å². The first-order chi connectivity index (χ1) is 25.9. The van der Waals surface area contributed by atoms with Crippen molar-refractivity contribution in [1.82, 2.24) is 5.32 Å². The van der Waals surface area contributed by atoms with E-state index in [1.54, 1.807) is 0 Å². The summed E-state index contributed by atoms with van der Waals surface area (Å²) in [4.78, 5) is 12.4. The molecule has 53 heavy (non-hydrogen) atoms. The maximum Gasteiger partial charge on any atom is 0.217 e. The van der Waals surface area contributed by atoms with Crippen LogP contribution in [0.25, 0.3) is 0 Å². The van der Waals surface area contributed by atoms with Crippen molar-refractivity contribution in [1.29, 1.82) is 0 Å². The van der Waals surface area contributed by atoms with Gasteiger partial charge in [0, 0.05) is 6.92 Å². The van der Waals surface area contributed by atoms with E-state index in [2.05, 4.69) is 5.32 Å². The Bertz CT molecular complexity index is 1650. The minimum Gasteiger partial charge on any atom is -0.388 e. The molecule has 2 saturated heterocycles. The monoisotopic (exact) mass is 727 g/mol. The van der Waals surface area contributed by atoms with Gasteiger partial charge in [-0.1, -0.05) is 121 Å². The fourth-order valence-corrected chi connectivity index (χ4v) is 6.62. The van der Waals surface area contributed by atoms with Gasteiger partial charge in [0.1, 0.15) is 42.7 Å². The Kier molecular flexibility index (Phi) is 14.1. The standard InChI is InChI=1S/C42H49NO10/c1-28-37(48-24-31-17-9-4-10-18-31)39(49-25-32-19-11-5-12-20-32)40(50-26-33-21-13-6-14-22-33)42(51-28)53-38-35(43-29(2)44)41(46)52-34(36(38)45)27-47-23-30-15-7-3-8-16-30/h3-22,28,34-42,45-46H,23-27H2,1-2H3,(H,43,44)/t28-,34+,35+,36+,37+,38+,39+,40-,41+,42-/m0/s1. The summed E-state index contributed by atoms with van der Waals surface area (Å²) >= 11 is 0. The Morgan fingerprint density at radius 1 is 0.623 bits per heavy atom. The van der Waals surface area contributed by atoms with Crippen LogP contribution in [-0.2, 0) is 64.4 Å². The molecular weight excluding hydrogens is 678 g/mol. The number of amides is 1. The number of carbonyl (C=O) groups is 1. The summed E-state index contributed by atoms with van der Waals surface area (Å²) in [6.45, 7) is 4.18. The van der Waals surface area contributed by atoms with Crippen LogP contribution in [0.1, 0.15) is 36.1 Å². The van der Waals surface area contributed by atoms with Crippen molar-refractivity contribution in [2.45, 2.75) is 102 Å². The topological polar surface area (TPSA) is 134 Å². The highest BCUT2D eigenvalue weighted by atomic mass is 16.7. The molecule has 11 nitrogen and oxygen atoms in total. The molecule has 4 aromatic carbocycles. The van der Waals surface area contributed by atoms with Gasteiger partial charge in [0.05, 0.1) is 39.1 Å². The Balaban J connectivity index is 1.28. The number of benzene rings is 4. The smallest absolute Gasteiger partial charge is 0.217 e. The summed E-state index contributed by atoms with van der Waals surface area (Å²) < 4.78 is 44.7. The Hall–Kier alpha value is -4.01. The predicted molar refractivity (Wildman–Crippen MR) is 195 cm³/mol. The molecule has 0 aromatic heterocycles. The second-order valence-electron chi connectivity index (χ2n) is 13.4. The van der Waals surface area contributed by atoms with E-state index >= 15 is 0 Å². The first-order valence-corrected chi connectivity index (χ1v) is 18.0. The van der Waals surface area contributed by atoms with Gasteiger partial charge in [-0.25, -0.2) is 0 Å². The van der Waals surface area contributed by atoms with Crippen molar-refractivity contribution in [2.75, 3.05) is 6.61 Å². The highest BCUT2D eigenvalue weighted by Gasteiger charge is 2.52. The zero-order chi connectivity index (χ0) is 37.0. The molecule has 4 aromatic rings. The van der Waals surface area contributed by atoms with Crippen LogP contribution in [-0.4, -0.2) is 84.1 Å². The van der Waals surface area contributed by atoms with Gasteiger partial charge in [-0.05, 0) is 29.2 Å². The molecule has 3 N–H and O–H groups in total. The van der Waals surface area contributed by atoms with Gasteiger partial charge in [0.2, 0.25) is 5.91 Å². The molecule has 11 heteroatoms. The van der Waals surface area contributed by atoms with E-state index in [9.17, 15) is 15.0 Å². The number of rotatable bonds is 16. The summed E-state index contributed by atoms with van der Waals surface area (Å²) in [5.74, 6) is -0.439. The number of aliphatic hydroxyl groups is 2. The van der Waals surface area contributed by atoms with Gasteiger partial charge >= 0.3 is 0 Å². The van der Waals surface area contributed by atoms with E-state index in [-0.39, 0.29) is 26.4 Å². The number of ether oxygens (including phenoxy) is 7. The van der Waals surface area contributed by atoms with Crippen molar-refractivity contribution < 1.29 is 48.2 Å². The third-order valence-corrected chi connectivity index (χ3v) is 9.33. The molecule has 2 heterocycles. The van der Waals surface area contributed by atoms with Crippen LogP contribution in [0.3, 0.4) is 0 Å². The highest BCUT2D eigenvalue weighted by molar-refractivity contribution is 5.73. The minimum absolute atomic E-state index is 0.0478. The van der Waals surface area contributed by atoms with Crippen molar-refractivity contribution in [3.8, 4) is 0 Å². The van der Waals surface area contributed by atoms with Crippen molar-refractivity contribution >= 4 is 5.91 Å². The second-order valence-corrected chi connectivity index (χ2v) is 13.4. The molecule has 2 fully saturated rings. The molecule has 6 rings (SSSR count). The quantitative estimate of drug-likeness (QED) is 0.150. The lowest BCUT2D eigenvalue weighted by molar-refractivity contribution is -0.352. The third-order valence-electron chi connectivity index (χ3n) is 9.33. The lowest BCUT2D eigenvalue weighted by atomic mass is 9.95. The fourth-order valence-electron chi connectivity index (χ4n) is 6.62. The molecule has 0 spiro atoms. The second kappa shape index (κ2) is 19.4.